The van der Waals surface area contributed by atoms with Gasteiger partial charge < -0.3 is 19.2 Å². The third-order valence-electron chi connectivity index (χ3n) is 4.95. The largest absolute Gasteiger partial charge is 0.486 e. The van der Waals surface area contributed by atoms with Gasteiger partial charge in [0.2, 0.25) is 5.76 Å². The van der Waals surface area contributed by atoms with Crippen LogP contribution < -0.4 is 10.1 Å². The maximum Gasteiger partial charge on any atom is 0.374 e. The number of carbonyl (C=O) groups is 2. The first kappa shape index (κ1) is 22.8. The fraction of sp³-hybridized carbons (Fsp3) is 0.160. The Balaban J connectivity index is 1.30. The highest BCUT2D eigenvalue weighted by molar-refractivity contribution is 5.95. The second-order valence-corrected chi connectivity index (χ2v) is 7.43. The van der Waals surface area contributed by atoms with Gasteiger partial charge in [-0.15, -0.1) is 0 Å². The molecule has 0 aliphatic carbocycles. The van der Waals surface area contributed by atoms with Crippen LogP contribution in [-0.4, -0.2) is 28.3 Å². The van der Waals surface area contributed by atoms with E-state index in [4.69, 9.17) is 13.9 Å². The van der Waals surface area contributed by atoms with Gasteiger partial charge in [-0.3, -0.25) is 4.79 Å². The first-order valence-corrected chi connectivity index (χ1v) is 10.5. The van der Waals surface area contributed by atoms with Gasteiger partial charge in [0.05, 0.1) is 22.8 Å². The molecule has 0 bridgehead atoms. The summed E-state index contributed by atoms with van der Waals surface area (Å²) >= 11 is 0. The number of hydrogen-bond donors (Lipinski definition) is 1. The maximum atomic E-state index is 12.9. The smallest absolute Gasteiger partial charge is 0.374 e. The van der Waals surface area contributed by atoms with Gasteiger partial charge in [-0.25, -0.2) is 13.9 Å². The summed E-state index contributed by atoms with van der Waals surface area (Å²) < 4.78 is 30.6. The molecule has 2 heterocycles. The topological polar surface area (TPSA) is 95.6 Å². The van der Waals surface area contributed by atoms with Crippen LogP contribution in [-0.2, 0) is 16.1 Å². The number of halogens is 1. The van der Waals surface area contributed by atoms with E-state index >= 15 is 0 Å². The lowest BCUT2D eigenvalue weighted by molar-refractivity contribution is -0.119. The van der Waals surface area contributed by atoms with E-state index in [0.717, 1.165) is 11.4 Å². The van der Waals surface area contributed by atoms with Crippen molar-refractivity contribution in [2.45, 2.75) is 20.5 Å². The lowest BCUT2D eigenvalue weighted by atomic mass is 10.3. The number of para-hydroxylation sites is 1. The molecule has 174 valence electrons. The highest BCUT2D eigenvalue weighted by Crippen LogP contribution is 2.23. The van der Waals surface area contributed by atoms with E-state index in [9.17, 15) is 14.0 Å². The predicted molar refractivity (Wildman–Crippen MR) is 121 cm³/mol. The number of hydrogen-bond acceptors (Lipinski definition) is 6. The zero-order chi connectivity index (χ0) is 24.1. The molecule has 0 atom stereocenters. The zero-order valence-corrected chi connectivity index (χ0v) is 18.6. The molecule has 0 aliphatic rings. The van der Waals surface area contributed by atoms with Crippen molar-refractivity contribution in [3.8, 4) is 11.4 Å². The number of carbonyl (C=O) groups excluding carboxylic acids is 2. The van der Waals surface area contributed by atoms with Crippen LogP contribution in [0, 0.1) is 19.7 Å². The number of anilines is 1. The van der Waals surface area contributed by atoms with Gasteiger partial charge in [-0.05, 0) is 62.4 Å². The molecule has 8 nitrogen and oxygen atoms in total. The van der Waals surface area contributed by atoms with Gasteiger partial charge in [0.25, 0.3) is 5.91 Å². The Morgan fingerprint density at radius 3 is 2.50 bits per heavy atom. The van der Waals surface area contributed by atoms with Crippen LogP contribution in [0.4, 0.5) is 10.1 Å². The van der Waals surface area contributed by atoms with Crippen LogP contribution in [0.3, 0.4) is 0 Å². The average molecular weight is 463 g/mol. The summed E-state index contributed by atoms with van der Waals surface area (Å²) in [5.41, 5.74) is 2.81. The molecule has 2 aromatic carbocycles. The van der Waals surface area contributed by atoms with Crippen molar-refractivity contribution in [3.63, 3.8) is 0 Å². The molecular formula is C25H22FN3O5. The number of nitrogens with zero attached hydrogens (tertiary/aromatic N) is 2. The van der Waals surface area contributed by atoms with E-state index in [1.54, 1.807) is 17.7 Å². The average Bonchev–Trinajstić information content (AvgIpc) is 3.43. The normalized spacial score (nSPS) is 10.7. The molecule has 0 spiro atoms. The van der Waals surface area contributed by atoms with Crippen molar-refractivity contribution in [1.82, 2.24) is 9.78 Å². The van der Waals surface area contributed by atoms with Crippen molar-refractivity contribution >= 4 is 17.6 Å². The van der Waals surface area contributed by atoms with E-state index in [1.165, 1.54) is 30.3 Å². The third-order valence-corrected chi connectivity index (χ3v) is 4.95. The molecular weight excluding hydrogens is 441 g/mol. The van der Waals surface area contributed by atoms with Gasteiger partial charge in [0, 0.05) is 0 Å². The van der Waals surface area contributed by atoms with E-state index in [1.807, 2.05) is 37.3 Å². The molecule has 0 radical (unpaired) electrons. The highest BCUT2D eigenvalue weighted by atomic mass is 19.1. The first-order valence-electron chi connectivity index (χ1n) is 10.5. The fourth-order valence-electron chi connectivity index (χ4n) is 3.27. The predicted octanol–water partition coefficient (Wildman–Crippen LogP) is 4.60. The molecule has 2 aromatic heterocycles. The number of esters is 1. The molecule has 1 N–H and O–H groups in total. The molecule has 0 saturated heterocycles. The van der Waals surface area contributed by atoms with Crippen LogP contribution >= 0.6 is 0 Å². The first-order chi connectivity index (χ1) is 16.4. The van der Waals surface area contributed by atoms with Crippen molar-refractivity contribution < 1.29 is 27.9 Å². The van der Waals surface area contributed by atoms with Gasteiger partial charge in [0.1, 0.15) is 23.9 Å². The second-order valence-electron chi connectivity index (χ2n) is 7.43. The van der Waals surface area contributed by atoms with Crippen LogP contribution in [0.1, 0.15) is 27.7 Å². The monoisotopic (exact) mass is 463 g/mol. The second kappa shape index (κ2) is 10.0. The number of aryl methyl sites for hydroxylation is 1. The van der Waals surface area contributed by atoms with Crippen LogP contribution in [0.5, 0.6) is 5.75 Å². The van der Waals surface area contributed by atoms with Gasteiger partial charge >= 0.3 is 5.97 Å². The number of ether oxygens (including phenoxy) is 2. The minimum absolute atomic E-state index is 0.0450. The Bertz CT molecular complexity index is 1300. The lowest BCUT2D eigenvalue weighted by Gasteiger charge is -2.07. The zero-order valence-electron chi connectivity index (χ0n) is 18.6. The summed E-state index contributed by atoms with van der Waals surface area (Å²) in [5, 5.41) is 7.22. The van der Waals surface area contributed by atoms with Crippen molar-refractivity contribution in [3.05, 3.63) is 95.5 Å². The molecule has 0 fully saturated rings. The van der Waals surface area contributed by atoms with Crippen LogP contribution in [0.15, 0.2) is 71.1 Å². The minimum atomic E-state index is -0.781. The third kappa shape index (κ3) is 5.32. The van der Waals surface area contributed by atoms with Gasteiger partial charge in [-0.2, -0.15) is 5.10 Å². The lowest BCUT2D eigenvalue weighted by Crippen LogP contribution is -2.21. The van der Waals surface area contributed by atoms with E-state index in [0.29, 0.717) is 22.9 Å². The molecule has 9 heteroatoms. The summed E-state index contributed by atoms with van der Waals surface area (Å²) in [6.45, 7) is 3.18. The summed E-state index contributed by atoms with van der Waals surface area (Å²) in [5.74, 6) is -0.875. The SMILES string of the molecule is Cc1nn(-c2ccccc2)c(C)c1NC(=O)COC(=O)c1ccc(COc2ccc(F)cc2)o1. The summed E-state index contributed by atoms with van der Waals surface area (Å²) in [6.07, 6.45) is 0. The van der Waals surface area contributed by atoms with Gasteiger partial charge in [-0.1, -0.05) is 18.2 Å². The highest BCUT2D eigenvalue weighted by Gasteiger charge is 2.18. The Labute approximate surface area is 194 Å². The Kier molecular flexibility index (Phi) is 6.72. The van der Waals surface area contributed by atoms with E-state index in [-0.39, 0.29) is 18.2 Å². The molecule has 0 saturated carbocycles. The number of nitrogens with one attached hydrogen (secondary N) is 1. The number of rotatable bonds is 8. The Morgan fingerprint density at radius 1 is 1.03 bits per heavy atom. The quantitative estimate of drug-likeness (QED) is 0.384. The number of furan rings is 1. The van der Waals surface area contributed by atoms with E-state index < -0.39 is 18.5 Å². The van der Waals surface area contributed by atoms with Crippen molar-refractivity contribution in [2.75, 3.05) is 11.9 Å². The number of benzene rings is 2. The Hall–Kier alpha value is -4.40. The molecule has 0 aliphatic heterocycles. The van der Waals surface area contributed by atoms with Crippen LogP contribution in [0.25, 0.3) is 5.69 Å². The van der Waals surface area contributed by atoms with Crippen molar-refractivity contribution in [2.24, 2.45) is 0 Å². The fourth-order valence-corrected chi connectivity index (χ4v) is 3.27. The summed E-state index contributed by atoms with van der Waals surface area (Å²) in [6, 6.07) is 18.1. The standard InChI is InChI=1S/C25H22FN3O5/c1-16-24(17(2)29(28-16)19-6-4-3-5-7-19)27-23(30)15-33-25(31)22-13-12-21(34-22)14-32-20-10-8-18(26)9-11-20/h3-13H,14-15H2,1-2H3,(H,27,30). The molecule has 4 rings (SSSR count). The molecule has 34 heavy (non-hydrogen) atoms. The maximum absolute atomic E-state index is 12.9. The van der Waals surface area contributed by atoms with Crippen molar-refractivity contribution in [1.29, 1.82) is 0 Å². The summed E-state index contributed by atoms with van der Waals surface area (Å²) in [7, 11) is 0. The van der Waals surface area contributed by atoms with E-state index in [2.05, 4.69) is 10.4 Å². The summed E-state index contributed by atoms with van der Waals surface area (Å²) in [4.78, 5) is 24.6. The molecule has 1 amide bonds. The molecule has 4 aromatic rings. The minimum Gasteiger partial charge on any atom is -0.486 e. The van der Waals surface area contributed by atoms with Gasteiger partial charge in [0.15, 0.2) is 6.61 Å². The van der Waals surface area contributed by atoms with Crippen LogP contribution in [0.2, 0.25) is 0 Å². The Morgan fingerprint density at radius 2 is 1.76 bits per heavy atom. The number of aromatic nitrogens is 2. The molecule has 0 unspecified atom stereocenters. The number of amides is 1.